The number of anilines is 1. The summed E-state index contributed by atoms with van der Waals surface area (Å²) < 4.78 is 0. The van der Waals surface area contributed by atoms with Crippen LogP contribution >= 0.6 is 11.6 Å². The first-order valence-electron chi connectivity index (χ1n) is 7.46. The van der Waals surface area contributed by atoms with E-state index in [0.29, 0.717) is 10.9 Å². The van der Waals surface area contributed by atoms with Crippen molar-refractivity contribution in [2.45, 2.75) is 44.1 Å². The summed E-state index contributed by atoms with van der Waals surface area (Å²) >= 11 is 6.13. The summed E-state index contributed by atoms with van der Waals surface area (Å²) in [6.07, 6.45) is 7.22. The van der Waals surface area contributed by atoms with Crippen molar-refractivity contribution in [3.8, 4) is 0 Å². The lowest BCUT2D eigenvalue weighted by atomic mass is 9.76. The average Bonchev–Trinajstić information content (AvgIpc) is 2.73. The van der Waals surface area contributed by atoms with Gasteiger partial charge in [-0.1, -0.05) is 43.7 Å². The van der Waals surface area contributed by atoms with E-state index in [4.69, 9.17) is 11.6 Å². The van der Waals surface area contributed by atoms with Crippen molar-refractivity contribution in [3.63, 3.8) is 0 Å². The lowest BCUT2D eigenvalue weighted by molar-refractivity contribution is -0.122. The number of likely N-dealkylation sites (N-methyl/N-ethyl adjacent to an activating group) is 1. The highest BCUT2D eigenvalue weighted by Crippen LogP contribution is 2.43. The molecular formula is C16H21ClN2O. The Labute approximate surface area is 125 Å². The first-order chi connectivity index (χ1) is 9.65. The fraction of sp³-hybridized carbons (Fsp3) is 0.562. The molecule has 0 spiro atoms. The van der Waals surface area contributed by atoms with Crippen molar-refractivity contribution in [1.29, 1.82) is 0 Å². The van der Waals surface area contributed by atoms with Crippen LogP contribution in [0.15, 0.2) is 18.2 Å². The molecule has 0 radical (unpaired) electrons. The molecule has 4 heteroatoms. The maximum absolute atomic E-state index is 12.6. The molecule has 1 aliphatic carbocycles. The number of carbonyl (C=O) groups is 1. The summed E-state index contributed by atoms with van der Waals surface area (Å²) in [5, 5.41) is 6.97. The molecule has 1 fully saturated rings. The second-order valence-corrected chi connectivity index (χ2v) is 6.44. The molecule has 2 N–H and O–H groups in total. The standard InChI is InChI=1S/C16H21ClN2O/c1-18-16(10-11-5-3-2-4-6-11)13-9-12(17)7-8-14(13)19-15(16)20/h7-9,11,18H,2-6,10H2,1H3,(H,19,20). The molecule has 0 bridgehead atoms. The van der Waals surface area contributed by atoms with Crippen LogP contribution in [0.25, 0.3) is 0 Å². The molecular weight excluding hydrogens is 272 g/mol. The zero-order chi connectivity index (χ0) is 14.2. The number of fused-ring (bicyclic) bond motifs is 1. The molecule has 1 aliphatic heterocycles. The largest absolute Gasteiger partial charge is 0.324 e. The average molecular weight is 293 g/mol. The highest BCUT2D eigenvalue weighted by Gasteiger charge is 2.47. The fourth-order valence-corrected chi connectivity index (χ4v) is 3.88. The first-order valence-corrected chi connectivity index (χ1v) is 7.84. The Balaban J connectivity index is 1.95. The second-order valence-electron chi connectivity index (χ2n) is 6.01. The normalized spacial score (nSPS) is 26.4. The van der Waals surface area contributed by atoms with E-state index in [1.54, 1.807) is 0 Å². The molecule has 1 heterocycles. The summed E-state index contributed by atoms with van der Waals surface area (Å²) in [6, 6.07) is 5.65. The van der Waals surface area contributed by atoms with Gasteiger partial charge in [0.25, 0.3) is 0 Å². The Kier molecular flexibility index (Phi) is 3.74. The van der Waals surface area contributed by atoms with E-state index in [1.807, 2.05) is 25.2 Å². The minimum Gasteiger partial charge on any atom is -0.324 e. The number of carbonyl (C=O) groups excluding carboxylic acids is 1. The number of halogens is 1. The van der Waals surface area contributed by atoms with E-state index in [9.17, 15) is 4.79 Å². The maximum Gasteiger partial charge on any atom is 0.249 e. The molecule has 0 aromatic heterocycles. The van der Waals surface area contributed by atoms with Crippen molar-refractivity contribution in [1.82, 2.24) is 5.32 Å². The van der Waals surface area contributed by atoms with Crippen molar-refractivity contribution in [3.05, 3.63) is 28.8 Å². The van der Waals surface area contributed by atoms with Gasteiger partial charge in [0.2, 0.25) is 5.91 Å². The molecule has 3 rings (SSSR count). The van der Waals surface area contributed by atoms with Crippen LogP contribution in [0.5, 0.6) is 0 Å². The quantitative estimate of drug-likeness (QED) is 0.892. The number of nitrogens with one attached hydrogen (secondary N) is 2. The van der Waals surface area contributed by atoms with Gasteiger partial charge in [0.05, 0.1) is 0 Å². The zero-order valence-electron chi connectivity index (χ0n) is 11.8. The predicted octanol–water partition coefficient (Wildman–Crippen LogP) is 3.68. The molecule has 20 heavy (non-hydrogen) atoms. The van der Waals surface area contributed by atoms with Gasteiger partial charge < -0.3 is 10.6 Å². The molecule has 1 aromatic rings. The van der Waals surface area contributed by atoms with Gasteiger partial charge in [0.15, 0.2) is 0 Å². The summed E-state index contributed by atoms with van der Waals surface area (Å²) in [7, 11) is 1.87. The Hall–Kier alpha value is -1.06. The Morgan fingerprint density at radius 2 is 2.10 bits per heavy atom. The predicted molar refractivity (Wildman–Crippen MR) is 82.0 cm³/mol. The van der Waals surface area contributed by atoms with Crippen LogP contribution < -0.4 is 10.6 Å². The third-order valence-electron chi connectivity index (χ3n) is 4.82. The number of rotatable bonds is 3. The van der Waals surface area contributed by atoms with Gasteiger partial charge in [0, 0.05) is 16.3 Å². The van der Waals surface area contributed by atoms with Crippen LogP contribution in [-0.2, 0) is 10.3 Å². The van der Waals surface area contributed by atoms with Gasteiger partial charge in [-0.15, -0.1) is 0 Å². The molecule has 3 nitrogen and oxygen atoms in total. The smallest absolute Gasteiger partial charge is 0.249 e. The summed E-state index contributed by atoms with van der Waals surface area (Å²) in [4.78, 5) is 12.6. The van der Waals surface area contributed by atoms with Gasteiger partial charge in [0.1, 0.15) is 5.54 Å². The fourth-order valence-electron chi connectivity index (χ4n) is 3.71. The highest BCUT2D eigenvalue weighted by molar-refractivity contribution is 6.31. The van der Waals surface area contributed by atoms with Crippen LogP contribution in [0.2, 0.25) is 5.02 Å². The molecule has 1 saturated carbocycles. The SMILES string of the molecule is CNC1(CC2CCCCC2)C(=O)Nc2ccc(Cl)cc21. The van der Waals surface area contributed by atoms with Crippen LogP contribution in [-0.4, -0.2) is 13.0 Å². The highest BCUT2D eigenvalue weighted by atomic mass is 35.5. The molecule has 108 valence electrons. The van der Waals surface area contributed by atoms with E-state index < -0.39 is 5.54 Å². The van der Waals surface area contributed by atoms with Gasteiger partial charge >= 0.3 is 0 Å². The summed E-state index contributed by atoms with van der Waals surface area (Å²) in [5.74, 6) is 0.676. The van der Waals surface area contributed by atoms with Crippen molar-refractivity contribution >= 4 is 23.2 Å². The number of benzene rings is 1. The van der Waals surface area contributed by atoms with E-state index in [0.717, 1.165) is 17.7 Å². The van der Waals surface area contributed by atoms with Gasteiger partial charge in [-0.3, -0.25) is 4.79 Å². The third kappa shape index (κ3) is 2.23. The molecule has 1 aromatic carbocycles. The van der Waals surface area contributed by atoms with Crippen LogP contribution in [0.4, 0.5) is 5.69 Å². The van der Waals surface area contributed by atoms with E-state index in [1.165, 1.54) is 32.1 Å². The Morgan fingerprint density at radius 1 is 1.35 bits per heavy atom. The molecule has 1 unspecified atom stereocenters. The van der Waals surface area contributed by atoms with Crippen molar-refractivity contribution in [2.24, 2.45) is 5.92 Å². The topological polar surface area (TPSA) is 41.1 Å². The zero-order valence-corrected chi connectivity index (χ0v) is 12.6. The van der Waals surface area contributed by atoms with Crippen LogP contribution in [0.3, 0.4) is 0 Å². The van der Waals surface area contributed by atoms with Gasteiger partial charge in [-0.2, -0.15) is 0 Å². The van der Waals surface area contributed by atoms with Crippen molar-refractivity contribution in [2.75, 3.05) is 12.4 Å². The second kappa shape index (κ2) is 5.38. The molecule has 2 aliphatic rings. The van der Waals surface area contributed by atoms with E-state index >= 15 is 0 Å². The van der Waals surface area contributed by atoms with Crippen molar-refractivity contribution < 1.29 is 4.79 Å². The Morgan fingerprint density at radius 3 is 2.80 bits per heavy atom. The van der Waals surface area contributed by atoms with Crippen LogP contribution in [0.1, 0.15) is 44.1 Å². The molecule has 1 amide bonds. The lowest BCUT2D eigenvalue weighted by Crippen LogP contribution is -2.47. The lowest BCUT2D eigenvalue weighted by Gasteiger charge is -2.33. The number of amides is 1. The monoisotopic (exact) mass is 292 g/mol. The van der Waals surface area contributed by atoms with E-state index in [-0.39, 0.29) is 5.91 Å². The molecule has 1 atom stereocenters. The van der Waals surface area contributed by atoms with Gasteiger partial charge in [-0.05, 0) is 37.6 Å². The van der Waals surface area contributed by atoms with Crippen LogP contribution in [0, 0.1) is 5.92 Å². The maximum atomic E-state index is 12.6. The minimum absolute atomic E-state index is 0.0582. The number of hydrogen-bond acceptors (Lipinski definition) is 2. The number of hydrogen-bond donors (Lipinski definition) is 2. The summed E-state index contributed by atoms with van der Waals surface area (Å²) in [5.41, 5.74) is 1.29. The Bertz CT molecular complexity index is 525. The third-order valence-corrected chi connectivity index (χ3v) is 5.06. The first kappa shape index (κ1) is 13.9. The van der Waals surface area contributed by atoms with Gasteiger partial charge in [-0.25, -0.2) is 0 Å². The molecule has 0 saturated heterocycles. The minimum atomic E-state index is -0.609. The van der Waals surface area contributed by atoms with E-state index in [2.05, 4.69) is 10.6 Å². The summed E-state index contributed by atoms with van der Waals surface area (Å²) in [6.45, 7) is 0.